The summed E-state index contributed by atoms with van der Waals surface area (Å²) < 4.78 is 13.5. The van der Waals surface area contributed by atoms with Crippen molar-refractivity contribution in [3.05, 3.63) is 34.1 Å². The Labute approximate surface area is 108 Å². The molecule has 0 aliphatic heterocycles. The number of halogens is 2. The summed E-state index contributed by atoms with van der Waals surface area (Å²) in [6.45, 7) is 0.711. The van der Waals surface area contributed by atoms with Gasteiger partial charge in [0.1, 0.15) is 5.82 Å². The molecule has 0 aromatic heterocycles. The van der Waals surface area contributed by atoms with Crippen molar-refractivity contribution in [3.8, 4) is 0 Å². The normalized spacial score (nSPS) is 10.3. The van der Waals surface area contributed by atoms with Gasteiger partial charge in [0.05, 0.1) is 4.47 Å². The van der Waals surface area contributed by atoms with E-state index in [1.165, 1.54) is 12.1 Å². The van der Waals surface area contributed by atoms with Gasteiger partial charge in [-0.3, -0.25) is 4.79 Å². The molecule has 17 heavy (non-hydrogen) atoms. The third-order valence-electron chi connectivity index (χ3n) is 2.30. The highest BCUT2D eigenvalue weighted by atomic mass is 79.9. The first kappa shape index (κ1) is 14.1. The number of rotatable bonds is 6. The van der Waals surface area contributed by atoms with Gasteiger partial charge in [0.25, 0.3) is 5.91 Å². The molecule has 0 aliphatic rings. The lowest BCUT2D eigenvalue weighted by atomic mass is 10.2. The molecule has 0 saturated heterocycles. The molecule has 5 heteroatoms. The molecule has 0 aliphatic carbocycles. The van der Waals surface area contributed by atoms with Crippen LogP contribution in [0.1, 0.15) is 29.6 Å². The van der Waals surface area contributed by atoms with Crippen LogP contribution in [0.4, 0.5) is 4.39 Å². The molecule has 1 rings (SSSR count). The van der Waals surface area contributed by atoms with E-state index in [1.807, 2.05) is 0 Å². The second-order valence-electron chi connectivity index (χ2n) is 3.67. The molecule has 2 N–H and O–H groups in total. The number of carbonyl (C=O) groups excluding carboxylic acids is 1. The highest BCUT2D eigenvalue weighted by molar-refractivity contribution is 9.10. The number of carbonyl (C=O) groups is 1. The molecule has 1 amide bonds. The predicted octanol–water partition coefficient (Wildman–Crippen LogP) is 2.48. The van der Waals surface area contributed by atoms with E-state index < -0.39 is 5.82 Å². The van der Waals surface area contributed by atoms with Gasteiger partial charge in [-0.05, 0) is 53.4 Å². The van der Waals surface area contributed by atoms with E-state index in [0.29, 0.717) is 16.6 Å². The predicted molar refractivity (Wildman–Crippen MR) is 67.4 cm³/mol. The first-order valence-electron chi connectivity index (χ1n) is 5.49. The molecule has 1 aromatic carbocycles. The summed E-state index contributed by atoms with van der Waals surface area (Å²) in [7, 11) is 0. The van der Waals surface area contributed by atoms with Crippen molar-refractivity contribution in [1.29, 1.82) is 0 Å². The summed E-state index contributed by atoms with van der Waals surface area (Å²) in [5.41, 5.74) is 0.313. The molecule has 0 atom stereocenters. The van der Waals surface area contributed by atoms with Crippen molar-refractivity contribution in [2.24, 2.45) is 0 Å². The second kappa shape index (κ2) is 7.40. The van der Waals surface area contributed by atoms with Crippen molar-refractivity contribution in [2.45, 2.75) is 19.3 Å². The molecule has 94 valence electrons. The van der Waals surface area contributed by atoms with Gasteiger partial charge in [0.15, 0.2) is 0 Å². The smallest absolute Gasteiger partial charge is 0.251 e. The molecule has 0 saturated carbocycles. The first-order chi connectivity index (χ1) is 8.15. The van der Waals surface area contributed by atoms with Crippen molar-refractivity contribution in [3.63, 3.8) is 0 Å². The summed E-state index contributed by atoms with van der Waals surface area (Å²) in [5.74, 6) is -0.724. The lowest BCUT2D eigenvalue weighted by molar-refractivity contribution is 0.0952. The monoisotopic (exact) mass is 303 g/mol. The Morgan fingerprint density at radius 2 is 2.12 bits per heavy atom. The van der Waals surface area contributed by atoms with Gasteiger partial charge in [-0.25, -0.2) is 4.39 Å². The minimum absolute atomic E-state index is 0.172. The summed E-state index contributed by atoms with van der Waals surface area (Å²) in [6, 6.07) is 4.28. The summed E-state index contributed by atoms with van der Waals surface area (Å²) >= 11 is 3.03. The van der Waals surface area contributed by atoms with Crippen molar-refractivity contribution >= 4 is 21.8 Å². The Kier molecular flexibility index (Phi) is 6.15. The van der Waals surface area contributed by atoms with Gasteiger partial charge in [0, 0.05) is 18.7 Å². The number of hydrogen-bond acceptors (Lipinski definition) is 2. The fourth-order valence-corrected chi connectivity index (χ4v) is 1.60. The Balaban J connectivity index is 2.39. The van der Waals surface area contributed by atoms with E-state index in [9.17, 15) is 9.18 Å². The summed E-state index contributed by atoms with van der Waals surface area (Å²) in [5, 5.41) is 11.3. The Morgan fingerprint density at radius 1 is 1.35 bits per heavy atom. The zero-order chi connectivity index (χ0) is 12.7. The van der Waals surface area contributed by atoms with Crippen LogP contribution in [0.25, 0.3) is 0 Å². The molecule has 1 aromatic rings. The molecule has 0 radical (unpaired) electrons. The fourth-order valence-electron chi connectivity index (χ4n) is 1.35. The highest BCUT2D eigenvalue weighted by Crippen LogP contribution is 2.16. The van der Waals surface area contributed by atoms with Gasteiger partial charge in [-0.1, -0.05) is 0 Å². The van der Waals surface area contributed by atoms with Crippen LogP contribution in [0.3, 0.4) is 0 Å². The topological polar surface area (TPSA) is 49.3 Å². The molecular weight excluding hydrogens is 289 g/mol. The van der Waals surface area contributed by atoms with E-state index in [1.54, 1.807) is 6.07 Å². The minimum Gasteiger partial charge on any atom is -0.396 e. The number of nitrogens with one attached hydrogen (secondary N) is 1. The molecule has 3 nitrogen and oxygen atoms in total. The third kappa shape index (κ3) is 4.83. The van der Waals surface area contributed by atoms with Crippen LogP contribution >= 0.6 is 15.9 Å². The molecule has 0 fully saturated rings. The third-order valence-corrected chi connectivity index (χ3v) is 2.95. The molecule has 0 bridgehead atoms. The average Bonchev–Trinajstić information content (AvgIpc) is 2.32. The summed E-state index contributed by atoms with van der Waals surface area (Å²) in [6.07, 6.45) is 2.42. The van der Waals surface area contributed by atoms with E-state index in [0.717, 1.165) is 19.3 Å². The number of aliphatic hydroxyl groups is 1. The molecular formula is C12H15BrFNO2. The molecule has 0 heterocycles. The van der Waals surface area contributed by atoms with Gasteiger partial charge < -0.3 is 10.4 Å². The maximum Gasteiger partial charge on any atom is 0.251 e. The largest absolute Gasteiger partial charge is 0.396 e. The quantitative estimate of drug-likeness (QED) is 0.793. The van der Waals surface area contributed by atoms with Crippen molar-refractivity contribution < 1.29 is 14.3 Å². The van der Waals surface area contributed by atoms with Crippen LogP contribution in [0.5, 0.6) is 0 Å². The number of benzene rings is 1. The minimum atomic E-state index is -0.446. The number of hydrogen-bond donors (Lipinski definition) is 2. The van der Waals surface area contributed by atoms with Crippen LogP contribution < -0.4 is 5.32 Å². The summed E-state index contributed by atoms with van der Waals surface area (Å²) in [4.78, 5) is 11.6. The Hall–Kier alpha value is -0.940. The first-order valence-corrected chi connectivity index (χ1v) is 6.28. The second-order valence-corrected chi connectivity index (χ2v) is 4.52. The van der Waals surface area contributed by atoms with Crippen LogP contribution in [0, 0.1) is 5.82 Å². The molecule has 0 spiro atoms. The van der Waals surface area contributed by atoms with Crippen molar-refractivity contribution in [2.75, 3.05) is 13.2 Å². The Bertz CT molecular complexity index is 385. The van der Waals surface area contributed by atoms with Gasteiger partial charge in [-0.2, -0.15) is 0 Å². The van der Waals surface area contributed by atoms with Crippen LogP contribution in [0.15, 0.2) is 22.7 Å². The van der Waals surface area contributed by atoms with Gasteiger partial charge in [0.2, 0.25) is 0 Å². The van der Waals surface area contributed by atoms with Crippen LogP contribution in [-0.2, 0) is 0 Å². The van der Waals surface area contributed by atoms with Crippen LogP contribution in [0.2, 0.25) is 0 Å². The maximum atomic E-state index is 13.2. The zero-order valence-electron chi connectivity index (χ0n) is 9.38. The van der Waals surface area contributed by atoms with Gasteiger partial charge in [-0.15, -0.1) is 0 Å². The standard InChI is InChI=1S/C12H15BrFNO2/c13-10-5-4-9(8-11(10)14)12(17)15-6-2-1-3-7-16/h4-5,8,16H,1-3,6-7H2,(H,15,17). The fraction of sp³-hybridized carbons (Fsp3) is 0.417. The lowest BCUT2D eigenvalue weighted by Crippen LogP contribution is -2.24. The van der Waals surface area contributed by atoms with Gasteiger partial charge >= 0.3 is 0 Å². The number of aliphatic hydroxyl groups excluding tert-OH is 1. The Morgan fingerprint density at radius 3 is 2.76 bits per heavy atom. The molecule has 0 unspecified atom stereocenters. The van der Waals surface area contributed by atoms with E-state index in [4.69, 9.17) is 5.11 Å². The van der Waals surface area contributed by atoms with Crippen molar-refractivity contribution in [1.82, 2.24) is 5.32 Å². The van der Waals surface area contributed by atoms with E-state index in [2.05, 4.69) is 21.2 Å². The van der Waals surface area contributed by atoms with E-state index >= 15 is 0 Å². The average molecular weight is 304 g/mol. The maximum absolute atomic E-state index is 13.2. The lowest BCUT2D eigenvalue weighted by Gasteiger charge is -2.05. The van der Waals surface area contributed by atoms with Crippen LogP contribution in [-0.4, -0.2) is 24.2 Å². The highest BCUT2D eigenvalue weighted by Gasteiger charge is 2.07. The zero-order valence-corrected chi connectivity index (χ0v) is 11.0. The van der Waals surface area contributed by atoms with E-state index in [-0.39, 0.29) is 12.5 Å². The number of unbranched alkanes of at least 4 members (excludes halogenated alkanes) is 2. The number of amides is 1. The SMILES string of the molecule is O=C(NCCCCCO)c1ccc(Br)c(F)c1.